The summed E-state index contributed by atoms with van der Waals surface area (Å²) in [6.07, 6.45) is 1.07. The van der Waals surface area contributed by atoms with Crippen LogP contribution in [0.2, 0.25) is 5.22 Å². The molecule has 0 fully saturated rings. The second-order valence-corrected chi connectivity index (χ2v) is 5.72. The van der Waals surface area contributed by atoms with E-state index in [1.165, 1.54) is 0 Å². The van der Waals surface area contributed by atoms with Crippen molar-refractivity contribution in [1.29, 1.82) is 0 Å². The minimum absolute atomic E-state index is 0.0860. The Labute approximate surface area is 133 Å². The third kappa shape index (κ3) is 3.09. The van der Waals surface area contributed by atoms with E-state index in [1.54, 1.807) is 6.92 Å². The lowest BCUT2D eigenvalue weighted by Gasteiger charge is -2.26. The van der Waals surface area contributed by atoms with E-state index in [-0.39, 0.29) is 23.5 Å². The van der Waals surface area contributed by atoms with Crippen molar-refractivity contribution in [3.63, 3.8) is 0 Å². The van der Waals surface area contributed by atoms with Gasteiger partial charge >= 0.3 is 0 Å². The van der Waals surface area contributed by atoms with Gasteiger partial charge in [0.25, 0.3) is 0 Å². The van der Waals surface area contributed by atoms with Crippen LogP contribution in [0.25, 0.3) is 0 Å². The van der Waals surface area contributed by atoms with Gasteiger partial charge in [-0.3, -0.25) is 4.79 Å². The molecule has 0 saturated heterocycles. The third-order valence-corrected chi connectivity index (χ3v) is 4.20. The molecular formula is C16H17ClN2O3. The molecule has 0 saturated carbocycles. The Morgan fingerprint density at radius 3 is 3.05 bits per heavy atom. The molecule has 1 aliphatic heterocycles. The van der Waals surface area contributed by atoms with Crippen molar-refractivity contribution >= 4 is 17.5 Å². The fourth-order valence-electron chi connectivity index (χ4n) is 2.65. The maximum absolute atomic E-state index is 12.1. The molecule has 0 bridgehead atoms. The van der Waals surface area contributed by atoms with Gasteiger partial charge in [-0.25, -0.2) is 0 Å². The molecular weight excluding hydrogens is 304 g/mol. The Hall–Kier alpha value is -2.01. The van der Waals surface area contributed by atoms with Gasteiger partial charge in [-0.1, -0.05) is 23.4 Å². The van der Waals surface area contributed by atoms with Crippen LogP contribution in [0.15, 0.2) is 28.8 Å². The molecule has 1 unspecified atom stereocenters. The minimum Gasteiger partial charge on any atom is -0.493 e. The highest BCUT2D eigenvalue weighted by molar-refractivity contribution is 6.29. The molecule has 2 heterocycles. The van der Waals surface area contributed by atoms with Crippen molar-refractivity contribution in [2.75, 3.05) is 13.2 Å². The fraction of sp³-hybridized carbons (Fsp3) is 0.375. The van der Waals surface area contributed by atoms with Crippen LogP contribution in [0.1, 0.15) is 29.2 Å². The second kappa shape index (κ2) is 6.40. The van der Waals surface area contributed by atoms with Crippen LogP contribution in [-0.4, -0.2) is 24.2 Å². The molecule has 2 aromatic rings. The zero-order valence-corrected chi connectivity index (χ0v) is 13.0. The Morgan fingerprint density at radius 1 is 1.45 bits per heavy atom. The van der Waals surface area contributed by atoms with Crippen LogP contribution in [0.3, 0.4) is 0 Å². The first-order chi connectivity index (χ1) is 10.6. The maximum atomic E-state index is 12.1. The van der Waals surface area contributed by atoms with Crippen molar-refractivity contribution in [1.82, 2.24) is 10.5 Å². The number of para-hydroxylation sites is 1. The molecule has 116 valence electrons. The van der Waals surface area contributed by atoms with Gasteiger partial charge in [-0.05, 0) is 36.6 Å². The number of hydrogen-bond acceptors (Lipinski definition) is 4. The smallest absolute Gasteiger partial charge is 0.229 e. The molecule has 5 nitrogen and oxygen atoms in total. The van der Waals surface area contributed by atoms with Crippen LogP contribution < -0.4 is 10.1 Å². The predicted octanol–water partition coefficient (Wildman–Crippen LogP) is 2.86. The highest BCUT2D eigenvalue weighted by Crippen LogP contribution is 2.32. The number of halogens is 1. The SMILES string of the molecule is Cc1noc(Cl)c1CC(=O)NCC1CCOc2ccccc21. The quantitative estimate of drug-likeness (QED) is 0.940. The number of amides is 1. The number of fused-ring (bicyclic) bond motifs is 1. The molecule has 1 aliphatic rings. The van der Waals surface area contributed by atoms with E-state index >= 15 is 0 Å². The summed E-state index contributed by atoms with van der Waals surface area (Å²) in [7, 11) is 0. The first-order valence-electron chi connectivity index (χ1n) is 7.24. The van der Waals surface area contributed by atoms with Crippen molar-refractivity contribution in [2.45, 2.75) is 25.7 Å². The molecule has 1 atom stereocenters. The molecule has 0 aliphatic carbocycles. The van der Waals surface area contributed by atoms with Crippen LogP contribution in [0.5, 0.6) is 5.75 Å². The average Bonchev–Trinajstić information content (AvgIpc) is 2.85. The second-order valence-electron chi connectivity index (χ2n) is 5.37. The van der Waals surface area contributed by atoms with Crippen LogP contribution in [0.4, 0.5) is 0 Å². The van der Waals surface area contributed by atoms with Crippen molar-refractivity contribution in [2.24, 2.45) is 0 Å². The number of rotatable bonds is 4. The zero-order chi connectivity index (χ0) is 15.5. The standard InChI is InChI=1S/C16H17ClN2O3/c1-10-13(16(17)22-19-10)8-15(20)18-9-11-6-7-21-14-5-3-2-4-12(11)14/h2-5,11H,6-9H2,1H3,(H,18,20). The number of ether oxygens (including phenoxy) is 1. The largest absolute Gasteiger partial charge is 0.493 e. The average molecular weight is 321 g/mol. The molecule has 0 radical (unpaired) electrons. The summed E-state index contributed by atoms with van der Waals surface area (Å²) in [6.45, 7) is 3.03. The molecule has 1 aromatic carbocycles. The molecule has 1 aromatic heterocycles. The summed E-state index contributed by atoms with van der Waals surface area (Å²) in [5, 5.41) is 6.89. The normalized spacial score (nSPS) is 16.7. The number of nitrogens with one attached hydrogen (secondary N) is 1. The van der Waals surface area contributed by atoms with E-state index in [0.29, 0.717) is 24.4 Å². The zero-order valence-electron chi connectivity index (χ0n) is 12.3. The molecule has 3 rings (SSSR count). The van der Waals surface area contributed by atoms with E-state index in [2.05, 4.69) is 10.5 Å². The predicted molar refractivity (Wildman–Crippen MR) is 82.3 cm³/mol. The summed E-state index contributed by atoms with van der Waals surface area (Å²) < 4.78 is 10.5. The Balaban J connectivity index is 1.60. The van der Waals surface area contributed by atoms with Crippen LogP contribution in [-0.2, 0) is 11.2 Å². The number of benzene rings is 1. The Kier molecular flexibility index (Phi) is 4.34. The molecule has 22 heavy (non-hydrogen) atoms. The van der Waals surface area contributed by atoms with Gasteiger partial charge in [-0.2, -0.15) is 0 Å². The van der Waals surface area contributed by atoms with Crippen LogP contribution in [0, 0.1) is 6.92 Å². The highest BCUT2D eigenvalue weighted by Gasteiger charge is 2.22. The Morgan fingerprint density at radius 2 is 2.27 bits per heavy atom. The van der Waals surface area contributed by atoms with E-state index in [1.807, 2.05) is 24.3 Å². The summed E-state index contributed by atoms with van der Waals surface area (Å²) in [5.41, 5.74) is 2.44. The summed E-state index contributed by atoms with van der Waals surface area (Å²) >= 11 is 5.88. The number of aromatic nitrogens is 1. The van der Waals surface area contributed by atoms with Gasteiger partial charge in [-0.15, -0.1) is 0 Å². The third-order valence-electron chi connectivity index (χ3n) is 3.90. The number of carbonyl (C=O) groups is 1. The number of carbonyl (C=O) groups excluding carboxylic acids is 1. The summed E-state index contributed by atoms with van der Waals surface area (Å²) in [5.74, 6) is 1.09. The van der Waals surface area contributed by atoms with Gasteiger partial charge < -0.3 is 14.6 Å². The maximum Gasteiger partial charge on any atom is 0.229 e. The molecule has 0 spiro atoms. The van der Waals surface area contributed by atoms with E-state index in [0.717, 1.165) is 17.7 Å². The first-order valence-corrected chi connectivity index (χ1v) is 7.62. The van der Waals surface area contributed by atoms with E-state index in [4.69, 9.17) is 20.9 Å². The lowest BCUT2D eigenvalue weighted by Crippen LogP contribution is -2.31. The molecule has 1 amide bonds. The van der Waals surface area contributed by atoms with Gasteiger partial charge in [0.15, 0.2) is 0 Å². The Bertz CT molecular complexity index is 664. The van der Waals surface area contributed by atoms with Gasteiger partial charge in [0, 0.05) is 18.0 Å². The highest BCUT2D eigenvalue weighted by atomic mass is 35.5. The summed E-state index contributed by atoms with van der Waals surface area (Å²) in [6, 6.07) is 7.95. The molecule has 1 N–H and O–H groups in total. The van der Waals surface area contributed by atoms with Gasteiger partial charge in [0.1, 0.15) is 5.75 Å². The van der Waals surface area contributed by atoms with Crippen molar-refractivity contribution in [3.8, 4) is 5.75 Å². The fourth-order valence-corrected chi connectivity index (χ4v) is 2.88. The monoisotopic (exact) mass is 320 g/mol. The van der Waals surface area contributed by atoms with Gasteiger partial charge in [0.05, 0.1) is 18.7 Å². The number of hydrogen-bond donors (Lipinski definition) is 1. The lowest BCUT2D eigenvalue weighted by atomic mass is 9.93. The van der Waals surface area contributed by atoms with Crippen LogP contribution >= 0.6 is 11.6 Å². The summed E-state index contributed by atoms with van der Waals surface area (Å²) in [4.78, 5) is 12.1. The topological polar surface area (TPSA) is 64.4 Å². The van der Waals surface area contributed by atoms with Crippen molar-refractivity contribution in [3.05, 3.63) is 46.3 Å². The lowest BCUT2D eigenvalue weighted by molar-refractivity contribution is -0.120. The number of nitrogens with zero attached hydrogens (tertiary/aromatic N) is 1. The first kappa shape index (κ1) is 14.9. The van der Waals surface area contributed by atoms with Gasteiger partial charge in [0.2, 0.25) is 11.1 Å². The number of aryl methyl sites for hydroxylation is 1. The van der Waals surface area contributed by atoms with E-state index < -0.39 is 0 Å². The van der Waals surface area contributed by atoms with E-state index in [9.17, 15) is 4.79 Å². The minimum atomic E-state index is -0.0860. The molecule has 6 heteroatoms. The van der Waals surface area contributed by atoms with Crippen molar-refractivity contribution < 1.29 is 14.1 Å².